The summed E-state index contributed by atoms with van der Waals surface area (Å²) >= 11 is 0. The van der Waals surface area contributed by atoms with Gasteiger partial charge in [0, 0.05) is 24.5 Å². The first-order valence-electron chi connectivity index (χ1n) is 9.80. The van der Waals surface area contributed by atoms with Crippen molar-refractivity contribution in [1.29, 1.82) is 0 Å². The summed E-state index contributed by atoms with van der Waals surface area (Å²) in [6.07, 6.45) is 4.21. The van der Waals surface area contributed by atoms with E-state index in [0.29, 0.717) is 18.7 Å². The summed E-state index contributed by atoms with van der Waals surface area (Å²) in [6.45, 7) is 0.598. The van der Waals surface area contributed by atoms with Gasteiger partial charge in [0.15, 0.2) is 11.5 Å². The molecule has 0 spiro atoms. The van der Waals surface area contributed by atoms with Crippen molar-refractivity contribution in [3.8, 4) is 17.2 Å². The van der Waals surface area contributed by atoms with E-state index < -0.39 is 0 Å². The molecule has 0 unspecified atom stereocenters. The van der Waals surface area contributed by atoms with E-state index in [2.05, 4.69) is 9.88 Å². The summed E-state index contributed by atoms with van der Waals surface area (Å²) in [5, 5.41) is 4.29. The predicted molar refractivity (Wildman–Crippen MR) is 112 cm³/mol. The summed E-state index contributed by atoms with van der Waals surface area (Å²) < 4.78 is 18.4. The molecule has 0 bridgehead atoms. The predicted octanol–water partition coefficient (Wildman–Crippen LogP) is 3.86. The van der Waals surface area contributed by atoms with Crippen molar-refractivity contribution in [1.82, 2.24) is 9.88 Å². The third-order valence-corrected chi connectivity index (χ3v) is 5.61. The molecule has 0 aliphatic heterocycles. The summed E-state index contributed by atoms with van der Waals surface area (Å²) in [5.74, 6) is 2.28. The molecule has 6 heteroatoms. The minimum atomic E-state index is 0.00764. The first-order chi connectivity index (χ1) is 14.1. The quantitative estimate of drug-likeness (QED) is 0.661. The second-order valence-corrected chi connectivity index (χ2v) is 7.22. The zero-order chi connectivity index (χ0) is 20.4. The van der Waals surface area contributed by atoms with Crippen molar-refractivity contribution >= 4 is 16.8 Å². The third-order valence-electron chi connectivity index (χ3n) is 5.61. The number of para-hydroxylation sites is 1. The summed E-state index contributed by atoms with van der Waals surface area (Å²) in [4.78, 5) is 12.7. The zero-order valence-corrected chi connectivity index (χ0v) is 17.0. The summed E-state index contributed by atoms with van der Waals surface area (Å²) in [6, 6.07) is 12.0. The number of rotatable bonds is 7. The molecule has 1 heterocycles. The Morgan fingerprint density at radius 1 is 1.07 bits per heavy atom. The third kappa shape index (κ3) is 3.62. The molecule has 4 rings (SSSR count). The van der Waals surface area contributed by atoms with Gasteiger partial charge in [-0.05, 0) is 48.2 Å². The van der Waals surface area contributed by atoms with E-state index in [0.717, 1.165) is 40.8 Å². The fraction of sp³-hybridized carbons (Fsp3) is 0.348. The molecule has 29 heavy (non-hydrogen) atoms. The van der Waals surface area contributed by atoms with Crippen molar-refractivity contribution in [2.24, 2.45) is 0 Å². The van der Waals surface area contributed by atoms with Crippen LogP contribution in [0.5, 0.6) is 17.2 Å². The topological polar surface area (TPSA) is 61.7 Å². The van der Waals surface area contributed by atoms with Crippen LogP contribution in [0, 0.1) is 0 Å². The number of carbonyl (C=O) groups is 1. The molecule has 0 radical (unpaired) electrons. The monoisotopic (exact) mass is 394 g/mol. The Balaban J connectivity index is 1.45. The second kappa shape index (κ2) is 8.07. The molecule has 0 fully saturated rings. The Bertz CT molecular complexity index is 1040. The van der Waals surface area contributed by atoms with Crippen LogP contribution in [0.2, 0.25) is 0 Å². The van der Waals surface area contributed by atoms with E-state index in [1.807, 2.05) is 42.6 Å². The van der Waals surface area contributed by atoms with E-state index in [4.69, 9.17) is 14.2 Å². The van der Waals surface area contributed by atoms with Crippen molar-refractivity contribution in [3.63, 3.8) is 0 Å². The smallest absolute Gasteiger partial charge is 0.222 e. The van der Waals surface area contributed by atoms with E-state index >= 15 is 0 Å². The molecule has 2 aromatic carbocycles. The molecule has 1 aliphatic rings. The normalized spacial score (nSPS) is 15.2. The van der Waals surface area contributed by atoms with Crippen LogP contribution in [0.25, 0.3) is 10.9 Å². The molecule has 152 valence electrons. The summed E-state index contributed by atoms with van der Waals surface area (Å²) in [5.41, 5.74) is 3.34. The van der Waals surface area contributed by atoms with Crippen LogP contribution in [-0.2, 0) is 17.8 Å². The van der Waals surface area contributed by atoms with E-state index in [1.54, 1.807) is 21.3 Å². The van der Waals surface area contributed by atoms with Crippen LogP contribution in [0.15, 0.2) is 42.6 Å². The van der Waals surface area contributed by atoms with Crippen LogP contribution in [0.3, 0.4) is 0 Å². The number of hydrogen-bond donors (Lipinski definition) is 1. The lowest BCUT2D eigenvalue weighted by Crippen LogP contribution is -2.27. The van der Waals surface area contributed by atoms with Crippen LogP contribution in [0.4, 0.5) is 0 Å². The van der Waals surface area contributed by atoms with Gasteiger partial charge < -0.3 is 24.1 Å². The van der Waals surface area contributed by atoms with Crippen molar-refractivity contribution in [2.75, 3.05) is 21.3 Å². The van der Waals surface area contributed by atoms with Gasteiger partial charge in [-0.2, -0.15) is 0 Å². The molecular formula is C23H26N2O4. The van der Waals surface area contributed by atoms with E-state index in [9.17, 15) is 4.79 Å². The van der Waals surface area contributed by atoms with Crippen molar-refractivity contribution in [3.05, 3.63) is 53.7 Å². The molecule has 3 aromatic rings. The lowest BCUT2D eigenvalue weighted by atomic mass is 10.1. The molecule has 6 nitrogen and oxygen atoms in total. The highest BCUT2D eigenvalue weighted by atomic mass is 16.5. The number of fused-ring (bicyclic) bond motifs is 2. The zero-order valence-electron chi connectivity index (χ0n) is 17.0. The van der Waals surface area contributed by atoms with Crippen molar-refractivity contribution in [2.45, 2.75) is 31.8 Å². The maximum atomic E-state index is 12.7. The molecule has 1 aromatic heterocycles. The fourth-order valence-corrected chi connectivity index (χ4v) is 4.15. The Labute approximate surface area is 170 Å². The Morgan fingerprint density at radius 2 is 1.83 bits per heavy atom. The number of carbonyl (C=O) groups excluding carboxylic acids is 1. The van der Waals surface area contributed by atoms with E-state index in [-0.39, 0.29) is 11.9 Å². The van der Waals surface area contributed by atoms with Crippen LogP contribution in [-0.4, -0.2) is 31.8 Å². The number of nitrogens with one attached hydrogen (secondary N) is 1. The number of methoxy groups -OCH3 is 3. The minimum Gasteiger partial charge on any atom is -0.495 e. The van der Waals surface area contributed by atoms with Crippen LogP contribution in [0.1, 0.15) is 30.0 Å². The number of aromatic nitrogens is 1. The molecule has 1 amide bonds. The number of nitrogens with zero attached hydrogens (tertiary/aromatic N) is 1. The van der Waals surface area contributed by atoms with Gasteiger partial charge in [0.2, 0.25) is 5.91 Å². The highest BCUT2D eigenvalue weighted by Gasteiger charge is 2.26. The van der Waals surface area contributed by atoms with E-state index in [1.165, 1.54) is 5.56 Å². The Morgan fingerprint density at radius 3 is 2.59 bits per heavy atom. The second-order valence-electron chi connectivity index (χ2n) is 7.22. The maximum absolute atomic E-state index is 12.7. The average molecular weight is 394 g/mol. The summed E-state index contributed by atoms with van der Waals surface area (Å²) in [7, 11) is 4.93. The maximum Gasteiger partial charge on any atom is 0.222 e. The van der Waals surface area contributed by atoms with Gasteiger partial charge in [-0.15, -0.1) is 0 Å². The number of aryl methyl sites for hydroxylation is 2. The Kier molecular flexibility index (Phi) is 5.34. The van der Waals surface area contributed by atoms with Gasteiger partial charge in [-0.3, -0.25) is 4.79 Å². The fourth-order valence-electron chi connectivity index (χ4n) is 4.15. The number of ether oxygens (including phenoxy) is 3. The minimum absolute atomic E-state index is 0.00764. The molecule has 1 aliphatic carbocycles. The lowest BCUT2D eigenvalue weighted by Gasteiger charge is -2.16. The van der Waals surface area contributed by atoms with Gasteiger partial charge in [-0.1, -0.05) is 12.1 Å². The molecule has 1 atom stereocenters. The van der Waals surface area contributed by atoms with Gasteiger partial charge in [-0.25, -0.2) is 0 Å². The van der Waals surface area contributed by atoms with Crippen LogP contribution < -0.4 is 19.5 Å². The molecule has 1 N–H and O–H groups in total. The SMILES string of the molecule is COc1cc2c(cc1OC)[C@H](NC(=O)CCn1ccc3cccc(OC)c31)CC2. The Hall–Kier alpha value is -3.15. The number of amides is 1. The van der Waals surface area contributed by atoms with Gasteiger partial charge >= 0.3 is 0 Å². The largest absolute Gasteiger partial charge is 0.495 e. The number of hydrogen-bond acceptors (Lipinski definition) is 4. The molecule has 0 saturated heterocycles. The highest BCUT2D eigenvalue weighted by Crippen LogP contribution is 2.39. The van der Waals surface area contributed by atoms with Crippen LogP contribution >= 0.6 is 0 Å². The number of benzene rings is 2. The molecule has 0 saturated carbocycles. The average Bonchev–Trinajstić information content (AvgIpc) is 3.34. The first kappa shape index (κ1) is 19.2. The highest BCUT2D eigenvalue weighted by molar-refractivity contribution is 5.86. The van der Waals surface area contributed by atoms with Gasteiger partial charge in [0.25, 0.3) is 0 Å². The van der Waals surface area contributed by atoms with Crippen molar-refractivity contribution < 1.29 is 19.0 Å². The van der Waals surface area contributed by atoms with Gasteiger partial charge in [0.05, 0.1) is 32.9 Å². The standard InChI is InChI=1S/C23H26N2O4/c1-27-19-6-4-5-15-9-11-25(23(15)19)12-10-22(26)24-18-8-7-16-13-20(28-2)21(29-3)14-17(16)18/h4-6,9,11,13-14,18H,7-8,10,12H2,1-3H3,(H,24,26)/t18-/m1/s1. The molecular weight excluding hydrogens is 368 g/mol. The van der Waals surface area contributed by atoms with Gasteiger partial charge in [0.1, 0.15) is 5.75 Å². The first-order valence-corrected chi connectivity index (χ1v) is 9.80. The lowest BCUT2D eigenvalue weighted by molar-refractivity contribution is -0.122.